The monoisotopic (exact) mass is 260 g/mol. The number of phenols is 2. The smallest absolute Gasteiger partial charge is 0.197 e. The summed E-state index contributed by atoms with van der Waals surface area (Å²) in [6.07, 6.45) is -1.78. The van der Waals surface area contributed by atoms with Crippen LogP contribution in [0, 0.1) is 0 Å². The standard InChI is InChI=1S/C14H12O5/c15-8-5-6-11(12(16)7-8)13(17)9-3-1-2-4-10(9)14(18)19/h1-7,14-16,18-19H. The van der Waals surface area contributed by atoms with E-state index in [-0.39, 0.29) is 28.2 Å². The molecule has 2 aromatic rings. The summed E-state index contributed by atoms with van der Waals surface area (Å²) < 4.78 is 0. The molecule has 0 unspecified atom stereocenters. The average molecular weight is 260 g/mol. The quantitative estimate of drug-likeness (QED) is 0.492. The highest BCUT2D eigenvalue weighted by atomic mass is 16.5. The van der Waals surface area contributed by atoms with Gasteiger partial charge in [0.1, 0.15) is 11.5 Å². The minimum atomic E-state index is -1.78. The molecular weight excluding hydrogens is 248 g/mol. The van der Waals surface area contributed by atoms with Crippen molar-refractivity contribution in [3.63, 3.8) is 0 Å². The van der Waals surface area contributed by atoms with Gasteiger partial charge in [-0.25, -0.2) is 0 Å². The molecule has 0 saturated heterocycles. The van der Waals surface area contributed by atoms with Crippen molar-refractivity contribution >= 4 is 5.78 Å². The Morgan fingerprint density at radius 1 is 0.947 bits per heavy atom. The summed E-state index contributed by atoms with van der Waals surface area (Å²) in [7, 11) is 0. The van der Waals surface area contributed by atoms with E-state index in [1.165, 1.54) is 24.3 Å². The minimum absolute atomic E-state index is 0.0223. The molecule has 0 atom stereocenters. The van der Waals surface area contributed by atoms with Crippen molar-refractivity contribution in [3.8, 4) is 11.5 Å². The first-order chi connectivity index (χ1) is 9.00. The van der Waals surface area contributed by atoms with Crippen LogP contribution < -0.4 is 0 Å². The van der Waals surface area contributed by atoms with Gasteiger partial charge in [0.25, 0.3) is 0 Å². The van der Waals surface area contributed by atoms with Gasteiger partial charge in [-0.3, -0.25) is 4.79 Å². The van der Waals surface area contributed by atoms with Gasteiger partial charge >= 0.3 is 0 Å². The van der Waals surface area contributed by atoms with E-state index < -0.39 is 12.1 Å². The van der Waals surface area contributed by atoms with E-state index in [0.29, 0.717) is 0 Å². The fraction of sp³-hybridized carbons (Fsp3) is 0.0714. The number of hydrogen-bond donors (Lipinski definition) is 4. The number of aliphatic hydroxyl groups is 2. The summed E-state index contributed by atoms with van der Waals surface area (Å²) in [5.41, 5.74) is 0.115. The number of hydrogen-bond acceptors (Lipinski definition) is 5. The van der Waals surface area contributed by atoms with Gasteiger partial charge in [-0.05, 0) is 12.1 Å². The van der Waals surface area contributed by atoms with Crippen LogP contribution in [-0.4, -0.2) is 26.2 Å². The van der Waals surface area contributed by atoms with E-state index in [4.69, 9.17) is 0 Å². The highest BCUT2D eigenvalue weighted by Gasteiger charge is 2.19. The van der Waals surface area contributed by atoms with Crippen molar-refractivity contribution in [3.05, 3.63) is 59.2 Å². The lowest BCUT2D eigenvalue weighted by Gasteiger charge is -2.11. The first-order valence-corrected chi connectivity index (χ1v) is 5.52. The Balaban J connectivity index is 2.50. The van der Waals surface area contributed by atoms with Crippen LogP contribution in [-0.2, 0) is 0 Å². The van der Waals surface area contributed by atoms with Gasteiger partial charge in [-0.1, -0.05) is 24.3 Å². The van der Waals surface area contributed by atoms with Crippen LogP contribution in [0.25, 0.3) is 0 Å². The van der Waals surface area contributed by atoms with Crippen LogP contribution in [0.1, 0.15) is 27.8 Å². The molecule has 4 N–H and O–H groups in total. The molecule has 0 saturated carbocycles. The van der Waals surface area contributed by atoms with E-state index in [0.717, 1.165) is 6.07 Å². The summed E-state index contributed by atoms with van der Waals surface area (Å²) in [4.78, 5) is 12.2. The van der Waals surface area contributed by atoms with E-state index in [1.54, 1.807) is 12.1 Å². The number of aromatic hydroxyl groups is 2. The van der Waals surface area contributed by atoms with Crippen molar-refractivity contribution in [1.29, 1.82) is 0 Å². The third-order valence-corrected chi connectivity index (χ3v) is 2.71. The topological polar surface area (TPSA) is 98.0 Å². The summed E-state index contributed by atoms with van der Waals surface area (Å²) in [5.74, 6) is -1.09. The van der Waals surface area contributed by atoms with E-state index in [2.05, 4.69) is 0 Å². The second-order valence-corrected chi connectivity index (χ2v) is 3.99. The third kappa shape index (κ3) is 2.57. The molecule has 5 nitrogen and oxygen atoms in total. The van der Waals surface area contributed by atoms with Gasteiger partial charge in [-0.15, -0.1) is 0 Å². The van der Waals surface area contributed by atoms with Crippen molar-refractivity contribution in [1.82, 2.24) is 0 Å². The zero-order valence-corrected chi connectivity index (χ0v) is 9.82. The first kappa shape index (κ1) is 13.1. The van der Waals surface area contributed by atoms with Gasteiger partial charge in [0.15, 0.2) is 12.1 Å². The zero-order valence-electron chi connectivity index (χ0n) is 9.82. The molecular formula is C14H12O5. The minimum Gasteiger partial charge on any atom is -0.508 e. The van der Waals surface area contributed by atoms with Gasteiger partial charge in [0.2, 0.25) is 0 Å². The number of aliphatic hydroxyl groups excluding tert-OH is 1. The van der Waals surface area contributed by atoms with Gasteiger partial charge in [-0.2, -0.15) is 0 Å². The Morgan fingerprint density at radius 3 is 2.26 bits per heavy atom. The summed E-state index contributed by atoms with van der Waals surface area (Å²) in [6.45, 7) is 0. The average Bonchev–Trinajstić information content (AvgIpc) is 2.38. The van der Waals surface area contributed by atoms with Crippen LogP contribution in [0.2, 0.25) is 0 Å². The molecule has 0 spiro atoms. The molecule has 19 heavy (non-hydrogen) atoms. The van der Waals surface area contributed by atoms with Crippen LogP contribution in [0.15, 0.2) is 42.5 Å². The maximum Gasteiger partial charge on any atom is 0.197 e. The molecule has 0 aliphatic carbocycles. The number of carbonyl (C=O) groups excluding carboxylic acids is 1. The Kier molecular flexibility index (Phi) is 3.50. The Labute approximate surface area is 109 Å². The molecule has 5 heteroatoms. The molecule has 0 bridgehead atoms. The number of ketones is 1. The van der Waals surface area contributed by atoms with Crippen molar-refractivity contribution in [2.75, 3.05) is 0 Å². The van der Waals surface area contributed by atoms with Crippen LogP contribution in [0.3, 0.4) is 0 Å². The van der Waals surface area contributed by atoms with E-state index in [9.17, 15) is 25.2 Å². The summed E-state index contributed by atoms with van der Waals surface area (Å²) in [5, 5.41) is 37.3. The van der Waals surface area contributed by atoms with Crippen molar-refractivity contribution in [2.24, 2.45) is 0 Å². The lowest BCUT2D eigenvalue weighted by Crippen LogP contribution is -2.08. The second kappa shape index (κ2) is 5.09. The Morgan fingerprint density at radius 2 is 1.63 bits per heavy atom. The molecule has 0 fully saturated rings. The highest BCUT2D eigenvalue weighted by molar-refractivity contribution is 6.11. The SMILES string of the molecule is O=C(c1ccc(O)cc1O)c1ccccc1C(O)O. The predicted octanol–water partition coefficient (Wildman–Crippen LogP) is 1.31. The predicted molar refractivity (Wildman–Crippen MR) is 66.8 cm³/mol. The molecule has 0 heterocycles. The fourth-order valence-corrected chi connectivity index (χ4v) is 1.79. The van der Waals surface area contributed by atoms with Gasteiger partial charge in [0, 0.05) is 17.2 Å². The Hall–Kier alpha value is -2.37. The maximum absolute atomic E-state index is 12.2. The largest absolute Gasteiger partial charge is 0.508 e. The molecule has 98 valence electrons. The highest BCUT2D eigenvalue weighted by Crippen LogP contribution is 2.27. The molecule has 0 amide bonds. The molecule has 0 radical (unpaired) electrons. The van der Waals surface area contributed by atoms with Gasteiger partial charge < -0.3 is 20.4 Å². The summed E-state index contributed by atoms with van der Waals surface area (Å²) in [6, 6.07) is 9.58. The molecule has 2 rings (SSSR count). The molecule has 2 aromatic carbocycles. The maximum atomic E-state index is 12.2. The number of phenolic OH excluding ortho intramolecular Hbond substituents is 2. The van der Waals surface area contributed by atoms with Crippen LogP contribution in [0.4, 0.5) is 0 Å². The Bertz CT molecular complexity index is 619. The molecule has 0 aliphatic rings. The molecule has 0 aromatic heterocycles. The van der Waals surface area contributed by atoms with Crippen LogP contribution >= 0.6 is 0 Å². The second-order valence-electron chi connectivity index (χ2n) is 3.99. The number of benzene rings is 2. The van der Waals surface area contributed by atoms with Gasteiger partial charge in [0.05, 0.1) is 5.56 Å². The summed E-state index contributed by atoms with van der Waals surface area (Å²) >= 11 is 0. The molecule has 0 aliphatic heterocycles. The first-order valence-electron chi connectivity index (χ1n) is 5.52. The fourth-order valence-electron chi connectivity index (χ4n) is 1.79. The zero-order chi connectivity index (χ0) is 14.0. The number of rotatable bonds is 3. The van der Waals surface area contributed by atoms with E-state index >= 15 is 0 Å². The van der Waals surface area contributed by atoms with E-state index in [1.807, 2.05) is 0 Å². The lowest BCUT2D eigenvalue weighted by molar-refractivity contribution is -0.0429. The van der Waals surface area contributed by atoms with Crippen LogP contribution in [0.5, 0.6) is 11.5 Å². The number of carbonyl (C=O) groups is 1. The van der Waals surface area contributed by atoms with Crippen molar-refractivity contribution < 1.29 is 25.2 Å². The van der Waals surface area contributed by atoms with Crippen molar-refractivity contribution in [2.45, 2.75) is 6.29 Å². The third-order valence-electron chi connectivity index (χ3n) is 2.71. The lowest BCUT2D eigenvalue weighted by atomic mass is 9.97. The normalized spacial score (nSPS) is 10.7.